The summed E-state index contributed by atoms with van der Waals surface area (Å²) in [6.07, 6.45) is 19.6. The lowest BCUT2D eigenvalue weighted by atomic mass is 9.99. The Bertz CT molecular complexity index is 573. The number of carbonyl (C=O) groups is 1. The number of aliphatic hydroxyl groups is 1. The van der Waals surface area contributed by atoms with Gasteiger partial charge >= 0.3 is 5.97 Å². The van der Waals surface area contributed by atoms with Crippen LogP contribution < -0.4 is 0 Å². The molecule has 0 saturated carbocycles. The molecular weight excluding hydrogens is 364 g/mol. The summed E-state index contributed by atoms with van der Waals surface area (Å²) >= 11 is 0. The predicted octanol–water partition coefficient (Wildman–Crippen LogP) is 5.68. The quantitative estimate of drug-likeness (QED) is 0.364. The van der Waals surface area contributed by atoms with Gasteiger partial charge in [0.2, 0.25) is 0 Å². The van der Waals surface area contributed by atoms with Crippen LogP contribution in [0.1, 0.15) is 72.1 Å². The van der Waals surface area contributed by atoms with Crippen molar-refractivity contribution in [3.05, 3.63) is 48.1 Å². The van der Waals surface area contributed by atoms with Crippen molar-refractivity contribution in [1.29, 1.82) is 0 Å². The fourth-order valence-corrected chi connectivity index (χ4v) is 3.45. The molecule has 1 heterocycles. The topological polar surface area (TPSA) is 55.8 Å². The van der Waals surface area contributed by atoms with Crippen molar-refractivity contribution in [1.82, 2.24) is 0 Å². The molecule has 4 nitrogen and oxygen atoms in total. The molecule has 0 fully saturated rings. The summed E-state index contributed by atoms with van der Waals surface area (Å²) in [6, 6.07) is 0. The van der Waals surface area contributed by atoms with Gasteiger partial charge in [0.1, 0.15) is 6.10 Å². The van der Waals surface area contributed by atoms with Crippen LogP contribution >= 0.6 is 0 Å². The predicted molar refractivity (Wildman–Crippen MR) is 120 cm³/mol. The summed E-state index contributed by atoms with van der Waals surface area (Å²) in [5, 5.41) is 10.2. The molecule has 0 aromatic rings. The average molecular weight is 405 g/mol. The fourth-order valence-electron chi connectivity index (χ4n) is 3.45. The molecule has 0 radical (unpaired) electrons. The van der Waals surface area contributed by atoms with E-state index in [9.17, 15) is 9.90 Å². The first-order chi connectivity index (χ1) is 14.0. The van der Waals surface area contributed by atoms with E-state index in [4.69, 9.17) is 9.47 Å². The number of hydrogen-bond donors (Lipinski definition) is 1. The molecule has 4 heteroatoms. The van der Waals surface area contributed by atoms with E-state index in [-0.39, 0.29) is 24.6 Å². The van der Waals surface area contributed by atoms with Gasteiger partial charge in [0.05, 0.1) is 18.6 Å². The minimum Gasteiger partial charge on any atom is -0.462 e. The summed E-state index contributed by atoms with van der Waals surface area (Å²) in [6.45, 7) is 6.44. The third-order valence-corrected chi connectivity index (χ3v) is 5.14. The van der Waals surface area contributed by atoms with Gasteiger partial charge in [0, 0.05) is 13.5 Å². The maximum Gasteiger partial charge on any atom is 0.309 e. The second-order valence-corrected chi connectivity index (χ2v) is 7.98. The molecule has 1 aliphatic rings. The zero-order chi connectivity index (χ0) is 21.5. The van der Waals surface area contributed by atoms with E-state index in [0.29, 0.717) is 18.8 Å². The molecule has 164 valence electrons. The summed E-state index contributed by atoms with van der Waals surface area (Å²) in [7, 11) is 1.70. The number of carbonyl (C=O) groups excluding carboxylic acids is 1. The van der Waals surface area contributed by atoms with Crippen LogP contribution in [0.3, 0.4) is 0 Å². The molecule has 0 saturated heterocycles. The Hall–Kier alpha value is -1.65. The molecule has 1 aliphatic heterocycles. The molecule has 0 amide bonds. The molecule has 1 rings (SSSR count). The Morgan fingerprint density at radius 2 is 1.86 bits per heavy atom. The van der Waals surface area contributed by atoms with Gasteiger partial charge in [-0.15, -0.1) is 0 Å². The first-order valence-electron chi connectivity index (χ1n) is 11.0. The van der Waals surface area contributed by atoms with E-state index >= 15 is 0 Å². The van der Waals surface area contributed by atoms with E-state index in [1.807, 2.05) is 12.2 Å². The number of aliphatic hydroxyl groups excluding tert-OH is 1. The van der Waals surface area contributed by atoms with Crippen molar-refractivity contribution in [2.24, 2.45) is 5.92 Å². The van der Waals surface area contributed by atoms with Gasteiger partial charge in [0.25, 0.3) is 0 Å². The van der Waals surface area contributed by atoms with E-state index in [0.717, 1.165) is 32.1 Å². The molecule has 0 aliphatic carbocycles. The standard InChI is InChI=1S/C25H40O4/c1-5-6-9-15-23-16-11-8-7-10-13-20(2)18-21(3)24(28-4)17-12-14-22(26)19-25(27)29-23/h7-8,10-12,14,18,20,22-24,26H,5-6,9,13,15-17,19H2,1-4H3/b10-7+,11-8+,14-12+,21-18+/t20-,22+,23-,24-/m0/s1. The Balaban J connectivity index is 2.87. The molecule has 1 N–H and O–H groups in total. The molecule has 0 aromatic carbocycles. The van der Waals surface area contributed by atoms with Gasteiger partial charge in [-0.05, 0) is 44.1 Å². The summed E-state index contributed by atoms with van der Waals surface area (Å²) < 4.78 is 11.2. The van der Waals surface area contributed by atoms with E-state index < -0.39 is 6.10 Å². The highest BCUT2D eigenvalue weighted by molar-refractivity contribution is 5.70. The largest absolute Gasteiger partial charge is 0.462 e. The smallest absolute Gasteiger partial charge is 0.309 e. The highest BCUT2D eigenvalue weighted by Gasteiger charge is 2.16. The van der Waals surface area contributed by atoms with Gasteiger partial charge in [-0.1, -0.05) is 69.2 Å². The molecule has 0 unspecified atom stereocenters. The normalized spacial score (nSPS) is 32.9. The van der Waals surface area contributed by atoms with E-state index in [2.05, 4.69) is 45.1 Å². The SMILES string of the molecule is CCCCC[C@H]1C/C=C/C=C/C[C@H](C)/C=C(\C)[C@@H](OC)C/C=C/[C@@H](O)CC(=O)O1. The van der Waals surface area contributed by atoms with Crippen LogP contribution in [0.25, 0.3) is 0 Å². The number of allylic oxidation sites excluding steroid dienone is 4. The van der Waals surface area contributed by atoms with E-state index in [1.54, 1.807) is 13.2 Å². The first-order valence-corrected chi connectivity index (χ1v) is 11.0. The monoisotopic (exact) mass is 404 g/mol. The minimum atomic E-state index is -0.836. The number of hydrogen-bond acceptors (Lipinski definition) is 4. The third-order valence-electron chi connectivity index (χ3n) is 5.14. The van der Waals surface area contributed by atoms with Crippen LogP contribution in [0.5, 0.6) is 0 Å². The maximum atomic E-state index is 12.3. The van der Waals surface area contributed by atoms with Gasteiger partial charge in [-0.25, -0.2) is 0 Å². The summed E-state index contributed by atoms with van der Waals surface area (Å²) in [5.74, 6) is 0.0791. The van der Waals surface area contributed by atoms with Gasteiger partial charge in [-0.3, -0.25) is 4.79 Å². The highest BCUT2D eigenvalue weighted by Crippen LogP contribution is 2.17. The van der Waals surface area contributed by atoms with E-state index in [1.165, 1.54) is 5.57 Å². The number of esters is 1. The van der Waals surface area contributed by atoms with Crippen LogP contribution in [0, 0.1) is 5.92 Å². The summed E-state index contributed by atoms with van der Waals surface area (Å²) in [5.41, 5.74) is 1.18. The Morgan fingerprint density at radius 1 is 1.14 bits per heavy atom. The lowest BCUT2D eigenvalue weighted by molar-refractivity contribution is -0.150. The first kappa shape index (κ1) is 25.4. The number of ether oxygens (including phenoxy) is 2. The van der Waals surface area contributed by atoms with Crippen LogP contribution in [-0.4, -0.2) is 36.5 Å². The number of unbranched alkanes of at least 4 members (excludes halogenated alkanes) is 2. The maximum absolute atomic E-state index is 12.3. The van der Waals surface area contributed by atoms with Crippen LogP contribution in [0.2, 0.25) is 0 Å². The van der Waals surface area contributed by atoms with Gasteiger partial charge < -0.3 is 14.6 Å². The van der Waals surface area contributed by atoms with Crippen LogP contribution in [0.15, 0.2) is 48.1 Å². The Kier molecular flexibility index (Phi) is 13.3. The molecule has 0 bridgehead atoms. The zero-order valence-corrected chi connectivity index (χ0v) is 18.7. The zero-order valence-electron chi connectivity index (χ0n) is 18.7. The number of methoxy groups -OCH3 is 1. The Morgan fingerprint density at radius 3 is 2.55 bits per heavy atom. The van der Waals surface area contributed by atoms with Crippen molar-refractivity contribution in [3.8, 4) is 0 Å². The summed E-state index contributed by atoms with van der Waals surface area (Å²) in [4.78, 5) is 12.3. The van der Waals surface area contributed by atoms with Gasteiger partial charge in [-0.2, -0.15) is 0 Å². The third kappa shape index (κ3) is 11.8. The second-order valence-electron chi connectivity index (χ2n) is 7.98. The van der Waals surface area contributed by atoms with Crippen molar-refractivity contribution in [3.63, 3.8) is 0 Å². The van der Waals surface area contributed by atoms with Crippen molar-refractivity contribution < 1.29 is 19.4 Å². The average Bonchev–Trinajstić information content (AvgIpc) is 2.66. The van der Waals surface area contributed by atoms with Crippen molar-refractivity contribution >= 4 is 5.97 Å². The number of cyclic esters (lactones) is 1. The molecule has 4 atom stereocenters. The van der Waals surface area contributed by atoms with Crippen LogP contribution in [0.4, 0.5) is 0 Å². The highest BCUT2D eigenvalue weighted by atomic mass is 16.5. The number of rotatable bonds is 5. The lowest BCUT2D eigenvalue weighted by Crippen LogP contribution is -2.21. The molecule has 0 aromatic heterocycles. The fraction of sp³-hybridized carbons (Fsp3) is 0.640. The molecule has 29 heavy (non-hydrogen) atoms. The van der Waals surface area contributed by atoms with Crippen LogP contribution in [-0.2, 0) is 14.3 Å². The lowest BCUT2D eigenvalue weighted by Gasteiger charge is -2.18. The molecular formula is C25H40O4. The molecule has 0 spiro atoms. The van der Waals surface area contributed by atoms with Gasteiger partial charge in [0.15, 0.2) is 0 Å². The van der Waals surface area contributed by atoms with Crippen molar-refractivity contribution in [2.45, 2.75) is 90.4 Å². The minimum absolute atomic E-state index is 0.0199. The van der Waals surface area contributed by atoms with Crippen molar-refractivity contribution in [2.75, 3.05) is 7.11 Å². The second kappa shape index (κ2) is 15.2. The Labute approximate surface area is 177 Å².